The number of aliphatic hydroxyl groups is 1. The van der Waals surface area contributed by atoms with Crippen LogP contribution >= 0.6 is 0 Å². The van der Waals surface area contributed by atoms with Gasteiger partial charge in [0.25, 0.3) is 11.8 Å². The molecule has 4 aromatic carbocycles. The summed E-state index contributed by atoms with van der Waals surface area (Å²) in [4.78, 5) is 68.1. The van der Waals surface area contributed by atoms with Gasteiger partial charge in [0.1, 0.15) is 18.4 Å². The Morgan fingerprint density at radius 1 is 0.803 bits per heavy atom. The number of hydrogen-bond acceptors (Lipinski definition) is 13. The molecule has 0 bridgehead atoms. The van der Waals surface area contributed by atoms with Crippen molar-refractivity contribution in [2.75, 3.05) is 34.4 Å². The first-order valence-corrected chi connectivity index (χ1v) is 19.6. The molecule has 66 heavy (non-hydrogen) atoms. The molecule has 2 atom stereocenters. The number of nitrogens with zero attached hydrogens (tertiary/aromatic N) is 9. The summed E-state index contributed by atoms with van der Waals surface area (Å²) in [5.41, 5.74) is 20.6. The predicted molar refractivity (Wildman–Crippen MR) is 248 cm³/mol. The number of hydrogen-bond donors (Lipinski definition) is 3. The monoisotopic (exact) mass is 997 g/mol. The number of aldehydes is 1. The first kappa shape index (κ1) is 58.8. The quantitative estimate of drug-likeness (QED) is 0.0429. The second-order valence-corrected chi connectivity index (χ2v) is 13.2. The number of amides is 3. The van der Waals surface area contributed by atoms with Crippen LogP contribution in [-0.2, 0) is 62.0 Å². The van der Waals surface area contributed by atoms with Crippen LogP contribution in [0.3, 0.4) is 0 Å². The number of carboxylic acid groups (broad SMARTS) is 1. The van der Waals surface area contributed by atoms with Gasteiger partial charge in [-0.3, -0.25) is 28.8 Å². The van der Waals surface area contributed by atoms with E-state index in [9.17, 15) is 28.8 Å². The number of ether oxygens (including phenoxy) is 1. The molecule has 4 N–H and O–H groups in total. The second kappa shape index (κ2) is 31.6. The standard InChI is InChI=1S/C10H9N5O.C10H11N3O.C10H10N2O.C9H8O3.C4H8O2.C2H6O.CH3.Pd/c1-15-10(16)9(13-14-11)8-5-3-2-4-7(8)6-12-15;1-13-10(14)9(11)8-5-3-2-4-7(8)6-12-13;1-12-10(13)6-8-4-2-3-5-9(8)7-11-12;10-6-8-4-2-1-3-7(8)5-9(11)12;1-3-6-4(2)5;1-2-3;;/h2-6,9H,1H3;2-6,9H,11H2,1H3;2-5,7H,6H2,1H3;1-4,6H,5H2,(H,11,12);3H2,1-2H3;3H,2H2,1H3;1H3;/q;;;;;;-1;. The van der Waals surface area contributed by atoms with Gasteiger partial charge in [0.2, 0.25) is 5.91 Å². The minimum absolute atomic E-state index is 0. The van der Waals surface area contributed by atoms with Crippen LogP contribution < -0.4 is 5.73 Å². The summed E-state index contributed by atoms with van der Waals surface area (Å²) in [5, 5.41) is 35.3. The SMILES string of the molecule is CCO.CCOC(C)=O.CN1N=Cc2ccccc2C(N)C1=O.CN1N=Cc2ccccc2C(N=[N+]=[N-])C1=O.CN1N=Cc2ccccc2CC1=O.O=Cc1ccccc1CC(=O)O.[CH3-].[Pd]. The molecule has 2 unspecified atom stereocenters. The Morgan fingerprint density at radius 3 is 1.80 bits per heavy atom. The maximum absolute atomic E-state index is 11.8. The number of fused-ring (bicyclic) bond motifs is 3. The van der Waals surface area contributed by atoms with Gasteiger partial charge in [-0.05, 0) is 58.3 Å². The molecule has 4 aromatic rings. The molecule has 0 aromatic heterocycles. The van der Waals surface area contributed by atoms with E-state index in [0.717, 1.165) is 27.8 Å². The summed E-state index contributed by atoms with van der Waals surface area (Å²) < 4.78 is 4.40. The van der Waals surface area contributed by atoms with Crippen molar-refractivity contribution in [1.29, 1.82) is 0 Å². The van der Waals surface area contributed by atoms with Gasteiger partial charge in [0, 0.05) is 65.6 Å². The minimum atomic E-state index is -0.927. The maximum atomic E-state index is 11.8. The van der Waals surface area contributed by atoms with Crippen LogP contribution in [0.5, 0.6) is 0 Å². The van der Waals surface area contributed by atoms with Crippen molar-refractivity contribution in [3.05, 3.63) is 159 Å². The van der Waals surface area contributed by atoms with Gasteiger partial charge in [-0.1, -0.05) is 102 Å². The zero-order chi connectivity index (χ0) is 47.6. The van der Waals surface area contributed by atoms with E-state index in [2.05, 4.69) is 30.1 Å². The molecule has 3 amide bonds. The molecule has 3 aliphatic rings. The molecule has 19 nitrogen and oxygen atoms in total. The molecule has 3 aliphatic heterocycles. The molecular weight excluding hydrogens is 943 g/mol. The second-order valence-electron chi connectivity index (χ2n) is 13.2. The molecule has 0 fully saturated rings. The van der Waals surface area contributed by atoms with Crippen LogP contribution in [0.1, 0.15) is 82.2 Å². The topological polar surface area (TPSA) is 274 Å². The van der Waals surface area contributed by atoms with Crippen molar-refractivity contribution < 1.29 is 64.1 Å². The summed E-state index contributed by atoms with van der Waals surface area (Å²) in [6, 6.07) is 27.7. The Balaban J connectivity index is 0.000000799. The molecule has 20 heteroatoms. The Kier molecular flexibility index (Phi) is 28.2. The number of rotatable bonds is 5. The third-order valence-electron chi connectivity index (χ3n) is 8.67. The number of carbonyl (C=O) groups excluding carboxylic acids is 5. The number of carboxylic acids is 1. The Bertz CT molecular complexity index is 2370. The van der Waals surface area contributed by atoms with Crippen molar-refractivity contribution in [3.8, 4) is 0 Å². The summed E-state index contributed by atoms with van der Waals surface area (Å²) in [6.45, 7) is 5.58. The van der Waals surface area contributed by atoms with Crippen molar-refractivity contribution in [2.24, 2.45) is 26.2 Å². The van der Waals surface area contributed by atoms with Gasteiger partial charge in [-0.25, -0.2) is 15.0 Å². The van der Waals surface area contributed by atoms with Gasteiger partial charge in [-0.2, -0.15) is 15.3 Å². The van der Waals surface area contributed by atoms with E-state index < -0.39 is 18.1 Å². The van der Waals surface area contributed by atoms with Crippen LogP contribution in [0.2, 0.25) is 0 Å². The number of benzene rings is 4. The Labute approximate surface area is 397 Å². The summed E-state index contributed by atoms with van der Waals surface area (Å²) in [5.74, 6) is -1.63. The normalized spacial score (nSPS) is 14.6. The molecule has 3 heterocycles. The minimum Gasteiger partial charge on any atom is -0.481 e. The largest absolute Gasteiger partial charge is 0.481 e. The van der Waals surface area contributed by atoms with E-state index in [0.29, 0.717) is 36.0 Å². The Hall–Kier alpha value is -7.20. The van der Waals surface area contributed by atoms with E-state index in [1.165, 1.54) is 29.0 Å². The first-order chi connectivity index (χ1) is 30.6. The van der Waals surface area contributed by atoms with Crippen molar-refractivity contribution in [1.82, 2.24) is 15.0 Å². The molecule has 0 aliphatic carbocycles. The number of azide groups is 1. The number of hydrazone groups is 3. The number of carbonyl (C=O) groups is 6. The number of nitrogens with two attached hydrogens (primary N) is 1. The van der Waals surface area contributed by atoms with E-state index >= 15 is 0 Å². The maximum Gasteiger partial charge on any atom is 0.307 e. The number of aliphatic hydroxyl groups excluding tert-OH is 1. The van der Waals surface area contributed by atoms with E-state index in [4.69, 9.17) is 21.5 Å². The molecule has 0 radical (unpaired) electrons. The number of likely N-dealkylation sites (N-methyl/N-ethyl adjacent to an activating group) is 3. The molecule has 354 valence electrons. The van der Waals surface area contributed by atoms with Crippen molar-refractivity contribution in [2.45, 2.75) is 45.7 Å². The molecule has 0 saturated carbocycles. The van der Waals surface area contributed by atoms with E-state index in [1.807, 2.05) is 60.7 Å². The zero-order valence-electron chi connectivity index (χ0n) is 37.7. The van der Waals surface area contributed by atoms with Crippen molar-refractivity contribution in [3.63, 3.8) is 0 Å². The van der Waals surface area contributed by atoms with E-state index in [1.54, 1.807) is 83.0 Å². The fourth-order valence-corrected chi connectivity index (χ4v) is 5.50. The molecule has 0 saturated heterocycles. The first-order valence-electron chi connectivity index (χ1n) is 19.6. The summed E-state index contributed by atoms with van der Waals surface area (Å²) in [6.07, 6.45) is 5.96. The molecule has 7 rings (SSSR count). The van der Waals surface area contributed by atoms with Gasteiger partial charge in [0.15, 0.2) is 0 Å². The number of esters is 1. The van der Waals surface area contributed by atoms with Crippen LogP contribution in [0, 0.1) is 7.43 Å². The summed E-state index contributed by atoms with van der Waals surface area (Å²) >= 11 is 0. The van der Waals surface area contributed by atoms with Crippen molar-refractivity contribution >= 4 is 54.6 Å². The average molecular weight is 998 g/mol. The fourth-order valence-electron chi connectivity index (χ4n) is 5.50. The third kappa shape index (κ3) is 19.3. The van der Waals surface area contributed by atoms with Gasteiger partial charge >= 0.3 is 11.9 Å². The van der Waals surface area contributed by atoms with Crippen LogP contribution in [0.25, 0.3) is 10.4 Å². The average Bonchev–Trinajstić information content (AvgIpc) is 3.56. The fraction of sp³-hybridized carbons (Fsp3) is 0.261. The van der Waals surface area contributed by atoms with Crippen LogP contribution in [0.4, 0.5) is 0 Å². The molecule has 0 spiro atoms. The van der Waals surface area contributed by atoms with Crippen LogP contribution in [-0.4, -0.2) is 114 Å². The van der Waals surface area contributed by atoms with E-state index in [-0.39, 0.29) is 64.6 Å². The summed E-state index contributed by atoms with van der Waals surface area (Å²) in [7, 11) is 4.81. The third-order valence-corrected chi connectivity index (χ3v) is 8.67. The zero-order valence-corrected chi connectivity index (χ0v) is 39.3. The smallest absolute Gasteiger partial charge is 0.307 e. The van der Waals surface area contributed by atoms with Crippen LogP contribution in [0.15, 0.2) is 117 Å². The van der Waals surface area contributed by atoms with Gasteiger partial charge in [0.05, 0.1) is 38.1 Å². The van der Waals surface area contributed by atoms with Gasteiger partial charge < -0.3 is 28.1 Å². The van der Waals surface area contributed by atoms with Gasteiger partial charge in [-0.15, -0.1) is 0 Å². The number of aliphatic carboxylic acids is 1. The Morgan fingerprint density at radius 2 is 1.27 bits per heavy atom. The molecular formula is C46H55N10O9Pd-. The predicted octanol–water partition coefficient (Wildman–Crippen LogP) is 5.51.